The Labute approximate surface area is 123 Å². The van der Waals surface area contributed by atoms with E-state index < -0.39 is 0 Å². The van der Waals surface area contributed by atoms with Crippen LogP contribution < -0.4 is 5.73 Å². The highest BCUT2D eigenvalue weighted by atomic mass is 79.9. The Bertz CT molecular complexity index is 411. The van der Waals surface area contributed by atoms with E-state index in [1.807, 2.05) is 12.1 Å². The number of hydrogen-bond donors (Lipinski definition) is 1. The van der Waals surface area contributed by atoms with E-state index in [4.69, 9.17) is 17.3 Å². The quantitative estimate of drug-likeness (QED) is 0.912. The fourth-order valence-corrected chi connectivity index (χ4v) is 3.37. The van der Waals surface area contributed by atoms with Gasteiger partial charge in [0.1, 0.15) is 0 Å². The number of halogens is 2. The Morgan fingerprint density at radius 1 is 1.56 bits per heavy atom. The molecule has 1 saturated heterocycles. The maximum Gasteiger partial charge on any atom is 0.0485 e. The van der Waals surface area contributed by atoms with E-state index in [9.17, 15) is 0 Å². The first-order valence-electron chi connectivity index (χ1n) is 6.51. The Kier molecular flexibility index (Phi) is 5.07. The summed E-state index contributed by atoms with van der Waals surface area (Å²) in [4.78, 5) is 2.47. The van der Waals surface area contributed by atoms with E-state index in [0.717, 1.165) is 34.1 Å². The fraction of sp³-hybridized carbons (Fsp3) is 0.571. The minimum atomic E-state index is 0.234. The third-order valence-corrected chi connectivity index (χ3v) is 4.51. The van der Waals surface area contributed by atoms with Crippen molar-refractivity contribution in [3.05, 3.63) is 33.3 Å². The zero-order chi connectivity index (χ0) is 13.1. The number of benzene rings is 1. The minimum absolute atomic E-state index is 0.234. The molecule has 0 amide bonds. The van der Waals surface area contributed by atoms with Crippen molar-refractivity contribution >= 4 is 27.5 Å². The van der Waals surface area contributed by atoms with Gasteiger partial charge in [0, 0.05) is 28.6 Å². The molecule has 1 aliphatic rings. The van der Waals surface area contributed by atoms with Crippen LogP contribution >= 0.6 is 27.5 Å². The first-order chi connectivity index (χ1) is 8.61. The van der Waals surface area contributed by atoms with Crippen molar-refractivity contribution in [2.75, 3.05) is 19.6 Å². The smallest absolute Gasteiger partial charge is 0.0485 e. The molecule has 100 valence electrons. The molecule has 2 atom stereocenters. The molecule has 1 heterocycles. The van der Waals surface area contributed by atoms with Gasteiger partial charge in [-0.05, 0) is 49.1 Å². The summed E-state index contributed by atoms with van der Waals surface area (Å²) in [5.74, 6) is 0.749. The van der Waals surface area contributed by atoms with Gasteiger partial charge in [0.15, 0.2) is 0 Å². The number of nitrogens with zero attached hydrogens (tertiary/aromatic N) is 1. The second-order valence-corrected chi connectivity index (χ2v) is 6.48. The highest BCUT2D eigenvalue weighted by Crippen LogP contribution is 2.32. The highest BCUT2D eigenvalue weighted by Gasteiger charge is 2.25. The largest absolute Gasteiger partial charge is 0.329 e. The Balaban J connectivity index is 2.24. The molecule has 0 aliphatic carbocycles. The maximum absolute atomic E-state index is 6.32. The van der Waals surface area contributed by atoms with E-state index in [2.05, 4.69) is 33.8 Å². The van der Waals surface area contributed by atoms with Gasteiger partial charge in [0.2, 0.25) is 0 Å². The Morgan fingerprint density at radius 3 is 3.00 bits per heavy atom. The van der Waals surface area contributed by atoms with Gasteiger partial charge >= 0.3 is 0 Å². The molecule has 18 heavy (non-hydrogen) atoms. The summed E-state index contributed by atoms with van der Waals surface area (Å²) in [6.07, 6.45) is 2.57. The third-order valence-electron chi connectivity index (χ3n) is 3.67. The first kappa shape index (κ1) is 14.3. The second-order valence-electron chi connectivity index (χ2n) is 5.16. The number of likely N-dealkylation sites (tertiary alicyclic amines) is 1. The summed E-state index contributed by atoms with van der Waals surface area (Å²) in [6, 6.07) is 6.24. The van der Waals surface area contributed by atoms with Crippen molar-refractivity contribution in [2.24, 2.45) is 11.7 Å². The first-order valence-corrected chi connectivity index (χ1v) is 7.68. The lowest BCUT2D eigenvalue weighted by Gasteiger charge is -2.37. The van der Waals surface area contributed by atoms with Crippen LogP contribution in [0.3, 0.4) is 0 Å². The number of rotatable bonds is 3. The maximum atomic E-state index is 6.32. The van der Waals surface area contributed by atoms with Gasteiger partial charge in [-0.15, -0.1) is 0 Å². The minimum Gasteiger partial charge on any atom is -0.329 e. The zero-order valence-electron chi connectivity index (χ0n) is 10.7. The predicted molar refractivity (Wildman–Crippen MR) is 80.9 cm³/mol. The second kappa shape index (κ2) is 6.38. The van der Waals surface area contributed by atoms with Gasteiger partial charge in [0.05, 0.1) is 0 Å². The predicted octanol–water partition coefficient (Wildman–Crippen LogP) is 3.83. The molecule has 2 unspecified atom stereocenters. The van der Waals surface area contributed by atoms with Crippen LogP contribution in [-0.4, -0.2) is 24.5 Å². The summed E-state index contributed by atoms with van der Waals surface area (Å²) in [7, 11) is 0. The molecular formula is C14H20BrClN2. The Hall–Kier alpha value is -0.0900. The molecule has 0 aromatic heterocycles. The molecule has 1 fully saturated rings. The molecular weight excluding hydrogens is 312 g/mol. The summed E-state index contributed by atoms with van der Waals surface area (Å²) in [6.45, 7) is 5.16. The normalized spacial score (nSPS) is 23.0. The summed E-state index contributed by atoms with van der Waals surface area (Å²) < 4.78 is 1.06. The monoisotopic (exact) mass is 330 g/mol. The molecule has 2 nitrogen and oxygen atoms in total. The lowest BCUT2D eigenvalue weighted by Crippen LogP contribution is -2.40. The number of piperidine rings is 1. The van der Waals surface area contributed by atoms with Gasteiger partial charge in [-0.25, -0.2) is 0 Å². The molecule has 0 saturated carbocycles. The molecule has 2 rings (SSSR count). The van der Waals surface area contributed by atoms with E-state index in [0.29, 0.717) is 6.54 Å². The zero-order valence-corrected chi connectivity index (χ0v) is 13.0. The van der Waals surface area contributed by atoms with Crippen molar-refractivity contribution in [1.29, 1.82) is 0 Å². The van der Waals surface area contributed by atoms with Crippen LogP contribution in [0.25, 0.3) is 0 Å². The average Bonchev–Trinajstić information content (AvgIpc) is 2.35. The van der Waals surface area contributed by atoms with Gasteiger partial charge in [0.25, 0.3) is 0 Å². The molecule has 2 N–H and O–H groups in total. The van der Waals surface area contributed by atoms with Gasteiger partial charge in [-0.1, -0.05) is 34.5 Å². The molecule has 1 aliphatic heterocycles. The van der Waals surface area contributed by atoms with Crippen LogP contribution in [0.2, 0.25) is 5.02 Å². The summed E-state index contributed by atoms with van der Waals surface area (Å²) in [5.41, 5.74) is 7.13. The molecule has 4 heteroatoms. The van der Waals surface area contributed by atoms with Gasteiger partial charge in [-0.3, -0.25) is 4.90 Å². The van der Waals surface area contributed by atoms with Crippen LogP contribution in [0.15, 0.2) is 22.7 Å². The fourth-order valence-electron chi connectivity index (χ4n) is 2.75. The average molecular weight is 332 g/mol. The van der Waals surface area contributed by atoms with Crippen LogP contribution in [0, 0.1) is 5.92 Å². The van der Waals surface area contributed by atoms with Gasteiger partial charge in [-0.2, -0.15) is 0 Å². The van der Waals surface area contributed by atoms with Crippen molar-refractivity contribution in [3.63, 3.8) is 0 Å². The van der Waals surface area contributed by atoms with Crippen LogP contribution in [0.1, 0.15) is 31.4 Å². The van der Waals surface area contributed by atoms with E-state index in [1.54, 1.807) is 0 Å². The van der Waals surface area contributed by atoms with Crippen molar-refractivity contribution < 1.29 is 0 Å². The summed E-state index contributed by atoms with van der Waals surface area (Å²) in [5, 5.41) is 0.812. The SMILES string of the molecule is CC1CCCN(C(CN)c2cc(Br)ccc2Cl)C1. The molecule has 1 aromatic rings. The van der Waals surface area contributed by atoms with Crippen LogP contribution in [-0.2, 0) is 0 Å². The van der Waals surface area contributed by atoms with Crippen LogP contribution in [0.5, 0.6) is 0 Å². The highest BCUT2D eigenvalue weighted by molar-refractivity contribution is 9.10. The molecule has 0 bridgehead atoms. The van der Waals surface area contributed by atoms with Crippen molar-refractivity contribution in [3.8, 4) is 0 Å². The lowest BCUT2D eigenvalue weighted by atomic mass is 9.96. The number of nitrogens with two attached hydrogens (primary N) is 1. The topological polar surface area (TPSA) is 29.3 Å². The molecule has 1 aromatic carbocycles. The standard InChI is InChI=1S/C14H20BrClN2/c1-10-3-2-6-18(9-10)14(8-17)12-7-11(15)4-5-13(12)16/h4-5,7,10,14H,2-3,6,8-9,17H2,1H3. The van der Waals surface area contributed by atoms with Crippen LogP contribution in [0.4, 0.5) is 0 Å². The van der Waals surface area contributed by atoms with Gasteiger partial charge < -0.3 is 5.73 Å². The third kappa shape index (κ3) is 3.27. The van der Waals surface area contributed by atoms with E-state index in [1.165, 1.54) is 12.8 Å². The van der Waals surface area contributed by atoms with Crippen molar-refractivity contribution in [1.82, 2.24) is 4.90 Å². The van der Waals surface area contributed by atoms with Crippen molar-refractivity contribution in [2.45, 2.75) is 25.8 Å². The lowest BCUT2D eigenvalue weighted by molar-refractivity contribution is 0.133. The molecule has 0 radical (unpaired) electrons. The van der Waals surface area contributed by atoms with E-state index in [-0.39, 0.29) is 6.04 Å². The van der Waals surface area contributed by atoms with E-state index >= 15 is 0 Å². The Morgan fingerprint density at radius 2 is 2.33 bits per heavy atom. The molecule has 0 spiro atoms. The summed E-state index contributed by atoms with van der Waals surface area (Å²) >= 11 is 9.83. The number of hydrogen-bond acceptors (Lipinski definition) is 2.